The van der Waals surface area contributed by atoms with Gasteiger partial charge in [-0.1, -0.05) is 0 Å². The first-order chi connectivity index (χ1) is 6.60. The lowest BCUT2D eigenvalue weighted by molar-refractivity contribution is 0.111. The van der Waals surface area contributed by atoms with E-state index in [1.807, 2.05) is 22.6 Å². The van der Waals surface area contributed by atoms with Crippen molar-refractivity contribution >= 4 is 28.9 Å². The van der Waals surface area contributed by atoms with Gasteiger partial charge < -0.3 is 5.73 Å². The van der Waals surface area contributed by atoms with E-state index >= 15 is 0 Å². The highest BCUT2D eigenvalue weighted by atomic mass is 127. The molecular formula is C8H7F2IN2O. The Morgan fingerprint density at radius 2 is 2.29 bits per heavy atom. The van der Waals surface area contributed by atoms with Crippen LogP contribution in [0.5, 0.6) is 0 Å². The minimum Gasteiger partial charge on any atom is -0.326 e. The smallest absolute Gasteiger partial charge is 0.280 e. The van der Waals surface area contributed by atoms with Crippen molar-refractivity contribution in [2.75, 3.05) is 0 Å². The van der Waals surface area contributed by atoms with Crippen LogP contribution in [-0.4, -0.2) is 11.3 Å². The molecule has 0 spiro atoms. The highest BCUT2D eigenvalue weighted by Gasteiger charge is 2.17. The molecule has 0 aromatic carbocycles. The van der Waals surface area contributed by atoms with Crippen LogP contribution >= 0.6 is 22.6 Å². The van der Waals surface area contributed by atoms with E-state index in [2.05, 4.69) is 4.98 Å². The number of hydrogen-bond acceptors (Lipinski definition) is 3. The Balaban J connectivity index is 3.35. The SMILES string of the molecule is NCc1c(I)cc(C=O)nc1C(F)F. The summed E-state index contributed by atoms with van der Waals surface area (Å²) in [7, 11) is 0. The first-order valence-electron chi connectivity index (χ1n) is 3.72. The number of rotatable bonds is 3. The van der Waals surface area contributed by atoms with Gasteiger partial charge in [-0.3, -0.25) is 4.79 Å². The Morgan fingerprint density at radius 1 is 1.64 bits per heavy atom. The number of hydrogen-bond donors (Lipinski definition) is 1. The van der Waals surface area contributed by atoms with Gasteiger partial charge in [0, 0.05) is 15.7 Å². The molecule has 0 atom stereocenters. The summed E-state index contributed by atoms with van der Waals surface area (Å²) in [5.74, 6) is 0. The first-order valence-corrected chi connectivity index (χ1v) is 4.80. The Bertz CT molecular complexity index is 357. The molecule has 1 aromatic heterocycles. The van der Waals surface area contributed by atoms with Crippen LogP contribution in [0.3, 0.4) is 0 Å². The van der Waals surface area contributed by atoms with Gasteiger partial charge in [0.05, 0.1) is 0 Å². The molecule has 1 heterocycles. The van der Waals surface area contributed by atoms with Crippen LogP contribution < -0.4 is 5.73 Å². The molecule has 0 bridgehead atoms. The largest absolute Gasteiger partial charge is 0.326 e. The van der Waals surface area contributed by atoms with E-state index in [0.29, 0.717) is 15.4 Å². The quantitative estimate of drug-likeness (QED) is 0.685. The third kappa shape index (κ3) is 2.24. The number of halogens is 3. The maximum absolute atomic E-state index is 12.5. The van der Waals surface area contributed by atoms with Crippen LogP contribution in [0.4, 0.5) is 8.78 Å². The van der Waals surface area contributed by atoms with Crippen molar-refractivity contribution in [2.24, 2.45) is 5.73 Å². The summed E-state index contributed by atoms with van der Waals surface area (Å²) in [4.78, 5) is 13.9. The van der Waals surface area contributed by atoms with Crippen molar-refractivity contribution in [3.8, 4) is 0 Å². The molecule has 6 heteroatoms. The molecule has 3 nitrogen and oxygen atoms in total. The fraction of sp³-hybridized carbons (Fsp3) is 0.250. The lowest BCUT2D eigenvalue weighted by Gasteiger charge is -2.08. The number of aromatic nitrogens is 1. The van der Waals surface area contributed by atoms with E-state index in [-0.39, 0.29) is 12.2 Å². The van der Waals surface area contributed by atoms with E-state index in [0.717, 1.165) is 0 Å². The maximum Gasteiger partial charge on any atom is 0.280 e. The van der Waals surface area contributed by atoms with Crippen LogP contribution in [0.15, 0.2) is 6.07 Å². The second-order valence-corrected chi connectivity index (χ2v) is 3.68. The highest BCUT2D eigenvalue weighted by molar-refractivity contribution is 14.1. The molecular weight excluding hydrogens is 305 g/mol. The molecule has 0 saturated carbocycles. The molecule has 2 N–H and O–H groups in total. The fourth-order valence-electron chi connectivity index (χ4n) is 1.02. The zero-order chi connectivity index (χ0) is 10.7. The number of carbonyl (C=O) groups excluding carboxylic acids is 1. The Kier molecular flexibility index (Phi) is 3.87. The number of alkyl halides is 2. The third-order valence-corrected chi connectivity index (χ3v) is 2.62. The van der Waals surface area contributed by atoms with Gasteiger partial charge in [0.25, 0.3) is 6.43 Å². The van der Waals surface area contributed by atoms with Crippen LogP contribution in [0.2, 0.25) is 0 Å². The van der Waals surface area contributed by atoms with Gasteiger partial charge in [-0.15, -0.1) is 0 Å². The highest BCUT2D eigenvalue weighted by Crippen LogP contribution is 2.24. The average molecular weight is 312 g/mol. The Morgan fingerprint density at radius 3 is 2.71 bits per heavy atom. The summed E-state index contributed by atoms with van der Waals surface area (Å²) in [6.45, 7) is -0.00984. The number of nitrogens with two attached hydrogens (primary N) is 1. The van der Waals surface area contributed by atoms with Crippen molar-refractivity contribution < 1.29 is 13.6 Å². The van der Waals surface area contributed by atoms with Gasteiger partial charge in [0.1, 0.15) is 11.4 Å². The lowest BCUT2D eigenvalue weighted by atomic mass is 10.2. The molecule has 0 saturated heterocycles. The monoisotopic (exact) mass is 312 g/mol. The molecule has 14 heavy (non-hydrogen) atoms. The molecule has 0 aliphatic rings. The van der Waals surface area contributed by atoms with Crippen molar-refractivity contribution in [2.45, 2.75) is 13.0 Å². The van der Waals surface area contributed by atoms with Gasteiger partial charge in [-0.25, -0.2) is 13.8 Å². The summed E-state index contributed by atoms with van der Waals surface area (Å²) in [5, 5.41) is 0. The van der Waals surface area contributed by atoms with E-state index in [1.165, 1.54) is 6.07 Å². The minimum absolute atomic E-state index is 0.00176. The first kappa shape index (κ1) is 11.4. The van der Waals surface area contributed by atoms with Crippen molar-refractivity contribution in [3.63, 3.8) is 0 Å². The summed E-state index contributed by atoms with van der Waals surface area (Å²) in [6, 6.07) is 1.43. The number of aldehydes is 1. The van der Waals surface area contributed by atoms with Crippen molar-refractivity contribution in [1.82, 2.24) is 4.98 Å². The molecule has 1 rings (SSSR count). The molecule has 0 aliphatic heterocycles. The standard InChI is InChI=1S/C8H7F2IN2O/c9-8(10)7-5(2-12)6(11)1-4(3-14)13-7/h1,3,8H,2,12H2. The summed E-state index contributed by atoms with van der Waals surface area (Å²) < 4.78 is 25.5. The molecule has 0 fully saturated rings. The predicted molar refractivity (Wildman–Crippen MR) is 55.2 cm³/mol. The minimum atomic E-state index is -2.71. The molecule has 0 unspecified atom stereocenters. The van der Waals surface area contributed by atoms with Gasteiger partial charge in [-0.2, -0.15) is 0 Å². The van der Waals surface area contributed by atoms with Gasteiger partial charge >= 0.3 is 0 Å². The van der Waals surface area contributed by atoms with Gasteiger partial charge in [-0.05, 0) is 28.7 Å². The molecule has 0 amide bonds. The van der Waals surface area contributed by atoms with E-state index in [9.17, 15) is 13.6 Å². The Labute approximate surface area is 92.8 Å². The third-order valence-electron chi connectivity index (χ3n) is 1.65. The zero-order valence-corrected chi connectivity index (χ0v) is 9.16. The molecule has 0 radical (unpaired) electrons. The number of nitrogens with zero attached hydrogens (tertiary/aromatic N) is 1. The summed E-state index contributed by atoms with van der Waals surface area (Å²) >= 11 is 1.86. The van der Waals surface area contributed by atoms with Crippen LogP contribution in [0.1, 0.15) is 28.2 Å². The second-order valence-electron chi connectivity index (χ2n) is 2.52. The summed E-state index contributed by atoms with van der Waals surface area (Å²) in [6.07, 6.45) is -2.27. The number of pyridine rings is 1. The van der Waals surface area contributed by atoms with Gasteiger partial charge in [0.15, 0.2) is 6.29 Å². The van der Waals surface area contributed by atoms with Crippen LogP contribution in [-0.2, 0) is 6.54 Å². The molecule has 0 aliphatic carbocycles. The topological polar surface area (TPSA) is 56.0 Å². The normalized spacial score (nSPS) is 10.6. The lowest BCUT2D eigenvalue weighted by Crippen LogP contribution is -2.09. The molecule has 1 aromatic rings. The average Bonchev–Trinajstić information content (AvgIpc) is 2.16. The number of carbonyl (C=O) groups is 1. The second kappa shape index (κ2) is 4.74. The van der Waals surface area contributed by atoms with Crippen LogP contribution in [0.25, 0.3) is 0 Å². The van der Waals surface area contributed by atoms with E-state index < -0.39 is 12.1 Å². The Hall–Kier alpha value is -0.630. The summed E-state index contributed by atoms with van der Waals surface area (Å²) in [5.41, 5.74) is 5.21. The fourth-order valence-corrected chi connectivity index (χ4v) is 1.84. The van der Waals surface area contributed by atoms with Gasteiger partial charge in [0.2, 0.25) is 0 Å². The van der Waals surface area contributed by atoms with Crippen molar-refractivity contribution in [3.05, 3.63) is 26.6 Å². The molecule has 76 valence electrons. The van der Waals surface area contributed by atoms with E-state index in [4.69, 9.17) is 5.73 Å². The zero-order valence-electron chi connectivity index (χ0n) is 7.01. The van der Waals surface area contributed by atoms with Crippen LogP contribution in [0, 0.1) is 3.57 Å². The maximum atomic E-state index is 12.5. The predicted octanol–water partition coefficient (Wildman–Crippen LogP) is 1.90. The van der Waals surface area contributed by atoms with E-state index in [1.54, 1.807) is 0 Å². The van der Waals surface area contributed by atoms with Crippen molar-refractivity contribution in [1.29, 1.82) is 0 Å².